The third-order valence-corrected chi connectivity index (χ3v) is 3.80. The molecule has 0 aliphatic carbocycles. The Hall–Kier alpha value is -2.43. The maximum Gasteiger partial charge on any atom is 0.223 e. The van der Waals surface area contributed by atoms with Crippen LogP contribution in [0.2, 0.25) is 0 Å². The van der Waals surface area contributed by atoms with E-state index in [9.17, 15) is 13.6 Å². The van der Waals surface area contributed by atoms with Crippen LogP contribution in [0.1, 0.15) is 37.3 Å². The van der Waals surface area contributed by atoms with E-state index in [0.717, 1.165) is 11.8 Å². The van der Waals surface area contributed by atoms with E-state index in [2.05, 4.69) is 19.2 Å². The molecule has 0 spiro atoms. The molecule has 0 aliphatic heterocycles. The Morgan fingerprint density at radius 3 is 2.32 bits per heavy atom. The molecular weight excluding hydrogens is 324 g/mol. The number of hydrogen-bond donors (Lipinski definition) is 1. The average Bonchev–Trinajstić information content (AvgIpc) is 2.54. The van der Waals surface area contributed by atoms with Gasteiger partial charge in [-0.25, -0.2) is 8.78 Å². The first-order chi connectivity index (χ1) is 11.9. The summed E-state index contributed by atoms with van der Waals surface area (Å²) in [6, 6.07) is 11.2. The lowest BCUT2D eigenvalue weighted by Crippen LogP contribution is -2.27. The van der Waals surface area contributed by atoms with Crippen LogP contribution in [0, 0.1) is 11.6 Å². The molecule has 1 N–H and O–H groups in total. The number of carbonyl (C=O) groups excluding carboxylic acids is 1. The van der Waals surface area contributed by atoms with Gasteiger partial charge in [0, 0.05) is 12.6 Å². The van der Waals surface area contributed by atoms with Gasteiger partial charge in [-0.2, -0.15) is 0 Å². The highest BCUT2D eigenvalue weighted by Crippen LogP contribution is 2.18. The van der Waals surface area contributed by atoms with Crippen molar-refractivity contribution < 1.29 is 18.3 Å². The number of carbonyl (C=O) groups is 1. The zero-order valence-corrected chi connectivity index (χ0v) is 14.5. The van der Waals surface area contributed by atoms with E-state index in [1.54, 1.807) is 0 Å². The Balaban J connectivity index is 1.67. The van der Waals surface area contributed by atoms with Crippen molar-refractivity contribution in [1.82, 2.24) is 5.32 Å². The minimum absolute atomic E-state index is 0.157. The van der Waals surface area contributed by atoms with Crippen molar-refractivity contribution in [2.24, 2.45) is 0 Å². The zero-order valence-electron chi connectivity index (χ0n) is 14.5. The van der Waals surface area contributed by atoms with Crippen LogP contribution in [-0.2, 0) is 11.2 Å². The van der Waals surface area contributed by atoms with Crippen molar-refractivity contribution in [3.63, 3.8) is 0 Å². The lowest BCUT2D eigenvalue weighted by molar-refractivity contribution is -0.121. The lowest BCUT2D eigenvalue weighted by Gasteiger charge is -2.09. The monoisotopic (exact) mass is 347 g/mol. The van der Waals surface area contributed by atoms with Gasteiger partial charge in [0.15, 0.2) is 0 Å². The molecule has 0 unspecified atom stereocenters. The van der Waals surface area contributed by atoms with Gasteiger partial charge in [0.25, 0.3) is 0 Å². The maximum atomic E-state index is 13.1. The molecule has 25 heavy (non-hydrogen) atoms. The third kappa shape index (κ3) is 6.53. The maximum absolute atomic E-state index is 13.1. The number of nitrogens with one attached hydrogen (secondary N) is 1. The number of halogens is 2. The Kier molecular flexibility index (Phi) is 6.92. The summed E-state index contributed by atoms with van der Waals surface area (Å²) >= 11 is 0. The largest absolute Gasteiger partial charge is 0.493 e. The van der Waals surface area contributed by atoms with Gasteiger partial charge in [-0.1, -0.05) is 26.0 Å². The topological polar surface area (TPSA) is 38.3 Å². The lowest BCUT2D eigenvalue weighted by atomic mass is 10.0. The van der Waals surface area contributed by atoms with Gasteiger partial charge in [0.1, 0.15) is 17.4 Å². The van der Waals surface area contributed by atoms with E-state index in [4.69, 9.17) is 4.74 Å². The van der Waals surface area contributed by atoms with E-state index in [0.29, 0.717) is 24.4 Å². The Morgan fingerprint density at radius 2 is 1.72 bits per heavy atom. The summed E-state index contributed by atoms with van der Waals surface area (Å²) in [4.78, 5) is 11.8. The summed E-state index contributed by atoms with van der Waals surface area (Å²) in [6.07, 6.45) is 0.599. The normalized spacial score (nSPS) is 10.8. The van der Waals surface area contributed by atoms with Gasteiger partial charge in [-0.05, 0) is 47.7 Å². The molecule has 0 bridgehead atoms. The fourth-order valence-corrected chi connectivity index (χ4v) is 2.40. The smallest absolute Gasteiger partial charge is 0.223 e. The molecule has 0 radical (unpaired) electrons. The summed E-state index contributed by atoms with van der Waals surface area (Å²) in [5.74, 6) is -0.189. The molecule has 134 valence electrons. The van der Waals surface area contributed by atoms with E-state index in [1.165, 1.54) is 17.7 Å². The van der Waals surface area contributed by atoms with Crippen LogP contribution in [-0.4, -0.2) is 19.1 Å². The van der Waals surface area contributed by atoms with Gasteiger partial charge < -0.3 is 10.1 Å². The molecule has 5 heteroatoms. The van der Waals surface area contributed by atoms with Crippen LogP contribution in [0.25, 0.3) is 0 Å². The molecule has 1 amide bonds. The molecule has 0 heterocycles. The molecule has 0 aromatic heterocycles. The number of hydrogen-bond acceptors (Lipinski definition) is 2. The Labute approximate surface area is 147 Å². The molecule has 0 saturated heterocycles. The fourth-order valence-electron chi connectivity index (χ4n) is 2.40. The third-order valence-electron chi connectivity index (χ3n) is 3.80. The second-order valence-corrected chi connectivity index (χ2v) is 6.20. The van der Waals surface area contributed by atoms with Crippen LogP contribution in [0.5, 0.6) is 5.75 Å². The first-order valence-corrected chi connectivity index (χ1v) is 8.38. The van der Waals surface area contributed by atoms with Crippen molar-refractivity contribution in [3.05, 3.63) is 65.2 Å². The molecule has 3 nitrogen and oxygen atoms in total. The van der Waals surface area contributed by atoms with Crippen molar-refractivity contribution >= 4 is 5.91 Å². The van der Waals surface area contributed by atoms with Crippen molar-refractivity contribution in [2.75, 3.05) is 13.2 Å². The SMILES string of the molecule is CC(C)c1ccc(OCCC(=O)NCCc2cc(F)cc(F)c2)cc1. The minimum atomic E-state index is -0.613. The number of benzene rings is 2. The van der Waals surface area contributed by atoms with E-state index < -0.39 is 11.6 Å². The second-order valence-electron chi connectivity index (χ2n) is 6.20. The van der Waals surface area contributed by atoms with Crippen LogP contribution in [0.4, 0.5) is 8.78 Å². The first kappa shape index (κ1) is 18.9. The standard InChI is InChI=1S/C20H23F2NO2/c1-14(2)16-3-5-19(6-4-16)25-10-8-20(24)23-9-7-15-11-17(21)13-18(22)12-15/h3-6,11-14H,7-10H2,1-2H3,(H,23,24). The van der Waals surface area contributed by atoms with E-state index in [1.807, 2.05) is 24.3 Å². The summed E-state index contributed by atoms with van der Waals surface area (Å²) in [5.41, 5.74) is 1.75. The summed E-state index contributed by atoms with van der Waals surface area (Å²) in [7, 11) is 0. The highest BCUT2D eigenvalue weighted by molar-refractivity contribution is 5.75. The quantitative estimate of drug-likeness (QED) is 0.777. The molecule has 0 fully saturated rings. The van der Waals surface area contributed by atoms with Crippen LogP contribution >= 0.6 is 0 Å². The Morgan fingerprint density at radius 1 is 1.08 bits per heavy atom. The molecular formula is C20H23F2NO2. The van der Waals surface area contributed by atoms with Crippen molar-refractivity contribution in [2.45, 2.75) is 32.6 Å². The van der Waals surface area contributed by atoms with Crippen LogP contribution < -0.4 is 10.1 Å². The molecule has 0 saturated carbocycles. The van der Waals surface area contributed by atoms with Gasteiger partial charge in [0.05, 0.1) is 13.0 Å². The molecule has 2 rings (SSSR count). The molecule has 0 aliphatic rings. The molecule has 2 aromatic carbocycles. The van der Waals surface area contributed by atoms with Crippen molar-refractivity contribution in [3.8, 4) is 5.75 Å². The van der Waals surface area contributed by atoms with E-state index in [-0.39, 0.29) is 18.9 Å². The first-order valence-electron chi connectivity index (χ1n) is 8.38. The number of amides is 1. The predicted molar refractivity (Wildman–Crippen MR) is 93.7 cm³/mol. The summed E-state index contributed by atoms with van der Waals surface area (Å²) < 4.78 is 31.7. The highest BCUT2D eigenvalue weighted by atomic mass is 19.1. The van der Waals surface area contributed by atoms with Crippen molar-refractivity contribution in [1.29, 1.82) is 0 Å². The van der Waals surface area contributed by atoms with Crippen LogP contribution in [0.3, 0.4) is 0 Å². The summed E-state index contributed by atoms with van der Waals surface area (Å²) in [5, 5.41) is 2.72. The average molecular weight is 347 g/mol. The van der Waals surface area contributed by atoms with Gasteiger partial charge in [-0.3, -0.25) is 4.79 Å². The fraction of sp³-hybridized carbons (Fsp3) is 0.350. The highest BCUT2D eigenvalue weighted by Gasteiger charge is 2.05. The van der Waals surface area contributed by atoms with E-state index >= 15 is 0 Å². The number of ether oxygens (including phenoxy) is 1. The summed E-state index contributed by atoms with van der Waals surface area (Å²) in [6.45, 7) is 4.85. The molecule has 0 atom stereocenters. The predicted octanol–water partition coefficient (Wildman–Crippen LogP) is 4.22. The number of rotatable bonds is 8. The van der Waals surface area contributed by atoms with Gasteiger partial charge in [0.2, 0.25) is 5.91 Å². The second kappa shape index (κ2) is 9.16. The van der Waals surface area contributed by atoms with Crippen LogP contribution in [0.15, 0.2) is 42.5 Å². The Bertz CT molecular complexity index is 679. The van der Waals surface area contributed by atoms with Gasteiger partial charge >= 0.3 is 0 Å². The molecule has 2 aromatic rings. The minimum Gasteiger partial charge on any atom is -0.493 e. The zero-order chi connectivity index (χ0) is 18.2. The van der Waals surface area contributed by atoms with Gasteiger partial charge in [-0.15, -0.1) is 0 Å².